The summed E-state index contributed by atoms with van der Waals surface area (Å²) in [6.45, 7) is 4.21. The van der Waals surface area contributed by atoms with Crippen LogP contribution in [0.1, 0.15) is 30.0 Å². The minimum Gasteiger partial charge on any atom is -0.351 e. The zero-order chi connectivity index (χ0) is 15.7. The van der Waals surface area contributed by atoms with Crippen molar-refractivity contribution in [2.24, 2.45) is 13.0 Å². The van der Waals surface area contributed by atoms with E-state index < -0.39 is 0 Å². The van der Waals surface area contributed by atoms with Gasteiger partial charge in [-0.05, 0) is 30.2 Å². The predicted octanol–water partition coefficient (Wildman–Crippen LogP) is 2.75. The highest BCUT2D eigenvalue weighted by Gasteiger charge is 2.11. The number of carbonyl (C=O) groups is 1. The summed E-state index contributed by atoms with van der Waals surface area (Å²) < 4.78 is 2.02. The number of rotatable bonds is 4. The number of fused-ring (bicyclic) bond motifs is 1. The summed E-state index contributed by atoms with van der Waals surface area (Å²) in [4.78, 5) is 16.6. The van der Waals surface area contributed by atoms with Crippen LogP contribution in [-0.4, -0.2) is 25.7 Å². The molecule has 0 atom stereocenters. The van der Waals surface area contributed by atoms with Gasteiger partial charge in [0, 0.05) is 36.1 Å². The zero-order valence-electron chi connectivity index (χ0n) is 12.9. The van der Waals surface area contributed by atoms with Gasteiger partial charge in [0.1, 0.15) is 5.82 Å². The predicted molar refractivity (Wildman–Crippen MR) is 85.8 cm³/mol. The van der Waals surface area contributed by atoms with Gasteiger partial charge in [-0.3, -0.25) is 15.2 Å². The van der Waals surface area contributed by atoms with Gasteiger partial charge in [-0.25, -0.2) is 0 Å². The SMILES string of the molecule is CC(C)Cc1nc(NC(=O)c2ccc3c(ccn3C)c2)n[nH]1. The van der Waals surface area contributed by atoms with Crippen molar-refractivity contribution in [3.05, 3.63) is 41.9 Å². The Hall–Kier alpha value is -2.63. The highest BCUT2D eigenvalue weighted by molar-refractivity contribution is 6.05. The van der Waals surface area contributed by atoms with E-state index in [1.54, 1.807) is 6.07 Å². The molecule has 0 aliphatic carbocycles. The molecule has 0 bridgehead atoms. The topological polar surface area (TPSA) is 75.6 Å². The van der Waals surface area contributed by atoms with Crippen molar-refractivity contribution in [1.29, 1.82) is 0 Å². The number of hydrogen-bond donors (Lipinski definition) is 2. The lowest BCUT2D eigenvalue weighted by atomic mass is 10.1. The van der Waals surface area contributed by atoms with Crippen molar-refractivity contribution < 1.29 is 4.79 Å². The number of aromatic amines is 1. The van der Waals surface area contributed by atoms with Gasteiger partial charge < -0.3 is 4.57 Å². The quantitative estimate of drug-likeness (QED) is 0.777. The molecule has 0 fully saturated rings. The van der Waals surface area contributed by atoms with Crippen molar-refractivity contribution in [2.75, 3.05) is 5.32 Å². The van der Waals surface area contributed by atoms with Crippen LogP contribution in [0, 0.1) is 5.92 Å². The number of benzene rings is 1. The van der Waals surface area contributed by atoms with Crippen LogP contribution in [-0.2, 0) is 13.5 Å². The molecule has 2 N–H and O–H groups in total. The average molecular weight is 297 g/mol. The first-order chi connectivity index (χ1) is 10.5. The van der Waals surface area contributed by atoms with Gasteiger partial charge >= 0.3 is 0 Å². The summed E-state index contributed by atoms with van der Waals surface area (Å²) in [6, 6.07) is 7.60. The number of anilines is 1. The Morgan fingerprint density at radius 3 is 2.95 bits per heavy atom. The number of aryl methyl sites for hydroxylation is 1. The minimum atomic E-state index is -0.208. The number of H-pyrrole nitrogens is 1. The second-order valence-corrected chi connectivity index (χ2v) is 5.86. The molecule has 0 spiro atoms. The molecule has 1 aromatic carbocycles. The number of nitrogens with one attached hydrogen (secondary N) is 2. The first-order valence-electron chi connectivity index (χ1n) is 7.30. The molecule has 3 aromatic rings. The second kappa shape index (κ2) is 5.63. The van der Waals surface area contributed by atoms with Crippen molar-refractivity contribution in [2.45, 2.75) is 20.3 Å². The number of nitrogens with zero attached hydrogens (tertiary/aromatic N) is 3. The van der Waals surface area contributed by atoms with Crippen molar-refractivity contribution >= 4 is 22.8 Å². The highest BCUT2D eigenvalue weighted by atomic mass is 16.1. The number of hydrogen-bond acceptors (Lipinski definition) is 3. The molecule has 3 rings (SSSR count). The molecule has 1 amide bonds. The summed E-state index contributed by atoms with van der Waals surface area (Å²) in [5.41, 5.74) is 1.68. The molecule has 22 heavy (non-hydrogen) atoms. The largest absolute Gasteiger partial charge is 0.351 e. The van der Waals surface area contributed by atoms with Crippen molar-refractivity contribution in [3.63, 3.8) is 0 Å². The Bertz CT molecular complexity index is 815. The van der Waals surface area contributed by atoms with Crippen molar-refractivity contribution in [3.8, 4) is 0 Å². The number of aromatic nitrogens is 4. The standard InChI is InChI=1S/C16H19N5O/c1-10(2)8-14-17-16(20-19-14)18-15(22)12-4-5-13-11(9-12)6-7-21(13)3/h4-7,9-10H,8H2,1-3H3,(H2,17,18,19,20,22). The van der Waals surface area contributed by atoms with Gasteiger partial charge in [-0.15, -0.1) is 5.10 Å². The molecule has 0 unspecified atom stereocenters. The lowest BCUT2D eigenvalue weighted by Crippen LogP contribution is -2.13. The molecule has 0 saturated heterocycles. The molecule has 0 aliphatic heterocycles. The molecule has 0 radical (unpaired) electrons. The summed E-state index contributed by atoms with van der Waals surface area (Å²) in [6.07, 6.45) is 2.78. The smallest absolute Gasteiger partial charge is 0.258 e. The monoisotopic (exact) mass is 297 g/mol. The Labute approximate surface area is 128 Å². The molecule has 6 nitrogen and oxygen atoms in total. The van der Waals surface area contributed by atoms with Gasteiger partial charge in [0.25, 0.3) is 5.91 Å². The van der Waals surface area contributed by atoms with Crippen LogP contribution < -0.4 is 5.32 Å². The van der Waals surface area contributed by atoms with E-state index in [0.717, 1.165) is 23.1 Å². The fraction of sp³-hybridized carbons (Fsp3) is 0.312. The molecule has 6 heteroatoms. The van der Waals surface area contributed by atoms with Gasteiger partial charge in [-0.2, -0.15) is 4.98 Å². The fourth-order valence-corrected chi connectivity index (χ4v) is 2.43. The van der Waals surface area contributed by atoms with Gasteiger partial charge in [0.15, 0.2) is 0 Å². The summed E-state index contributed by atoms with van der Waals surface area (Å²) >= 11 is 0. The van der Waals surface area contributed by atoms with Crippen LogP contribution >= 0.6 is 0 Å². The van der Waals surface area contributed by atoms with Crippen molar-refractivity contribution in [1.82, 2.24) is 19.7 Å². The maximum atomic E-state index is 12.3. The van der Waals surface area contributed by atoms with Gasteiger partial charge in [0.2, 0.25) is 5.95 Å². The zero-order valence-corrected chi connectivity index (χ0v) is 12.9. The lowest BCUT2D eigenvalue weighted by Gasteiger charge is -2.02. The normalized spacial score (nSPS) is 11.3. The van der Waals surface area contributed by atoms with E-state index in [1.807, 2.05) is 36.0 Å². The van der Waals surface area contributed by atoms with E-state index in [9.17, 15) is 4.79 Å². The molecule has 0 saturated carbocycles. The van der Waals surface area contributed by atoms with Gasteiger partial charge in [-0.1, -0.05) is 13.8 Å². The molecule has 2 aromatic heterocycles. The lowest BCUT2D eigenvalue weighted by molar-refractivity contribution is 0.102. The summed E-state index contributed by atoms with van der Waals surface area (Å²) in [7, 11) is 1.98. The van der Waals surface area contributed by atoms with E-state index in [1.165, 1.54) is 0 Å². The average Bonchev–Trinajstić information content (AvgIpc) is 3.05. The van der Waals surface area contributed by atoms with E-state index in [2.05, 4.69) is 34.3 Å². The molecule has 114 valence electrons. The van der Waals surface area contributed by atoms with Crippen LogP contribution in [0.15, 0.2) is 30.5 Å². The summed E-state index contributed by atoms with van der Waals surface area (Å²) in [5, 5.41) is 10.6. The Kier molecular flexibility index (Phi) is 3.66. The van der Waals surface area contributed by atoms with Crippen LogP contribution in [0.2, 0.25) is 0 Å². The molecule has 0 aliphatic rings. The highest BCUT2D eigenvalue weighted by Crippen LogP contribution is 2.17. The number of carbonyl (C=O) groups excluding carboxylic acids is 1. The van der Waals surface area contributed by atoms with Crippen LogP contribution in [0.3, 0.4) is 0 Å². The third-order valence-electron chi connectivity index (χ3n) is 3.51. The summed E-state index contributed by atoms with van der Waals surface area (Å²) in [5.74, 6) is 1.37. The van der Waals surface area contributed by atoms with Gasteiger partial charge in [0.05, 0.1) is 0 Å². The van der Waals surface area contributed by atoms with E-state index in [4.69, 9.17) is 0 Å². The maximum absolute atomic E-state index is 12.3. The maximum Gasteiger partial charge on any atom is 0.258 e. The Morgan fingerprint density at radius 2 is 2.18 bits per heavy atom. The van der Waals surface area contributed by atoms with Crippen LogP contribution in [0.25, 0.3) is 10.9 Å². The second-order valence-electron chi connectivity index (χ2n) is 5.86. The molecular formula is C16H19N5O. The Morgan fingerprint density at radius 1 is 1.36 bits per heavy atom. The third kappa shape index (κ3) is 2.86. The Balaban J connectivity index is 1.76. The first kappa shape index (κ1) is 14.3. The van der Waals surface area contributed by atoms with E-state index >= 15 is 0 Å². The van der Waals surface area contributed by atoms with E-state index in [0.29, 0.717) is 17.4 Å². The molecule has 2 heterocycles. The number of amides is 1. The first-order valence-corrected chi connectivity index (χ1v) is 7.30. The fourth-order valence-electron chi connectivity index (χ4n) is 2.43. The molecular weight excluding hydrogens is 278 g/mol. The van der Waals surface area contributed by atoms with Crippen LogP contribution in [0.5, 0.6) is 0 Å². The van der Waals surface area contributed by atoms with E-state index in [-0.39, 0.29) is 5.91 Å². The minimum absolute atomic E-state index is 0.208. The van der Waals surface area contributed by atoms with Crippen LogP contribution in [0.4, 0.5) is 5.95 Å². The third-order valence-corrected chi connectivity index (χ3v) is 3.51.